The summed E-state index contributed by atoms with van der Waals surface area (Å²) in [6.45, 7) is 2.06. The van der Waals surface area contributed by atoms with E-state index in [-0.39, 0.29) is 143 Å². The zero-order valence-electron chi connectivity index (χ0n) is 15.0. The molecule has 0 aliphatic heterocycles. The molecule has 0 aromatic rings. The molecule has 0 heterocycles. The van der Waals surface area contributed by atoms with Gasteiger partial charge in [-0.15, -0.1) is 0 Å². The number of ether oxygens (including phenoxy) is 2. The van der Waals surface area contributed by atoms with E-state index >= 15 is 0 Å². The number of hydrogen-bond acceptors (Lipinski definition) is 5. The van der Waals surface area contributed by atoms with Crippen molar-refractivity contribution in [2.75, 3.05) is 0 Å². The van der Waals surface area contributed by atoms with Gasteiger partial charge >= 0.3 is 153 Å². The van der Waals surface area contributed by atoms with Crippen LogP contribution >= 0.6 is 0 Å². The first-order valence-corrected chi connectivity index (χ1v) is 2.43. The summed E-state index contributed by atoms with van der Waals surface area (Å²) in [6, 6.07) is 0. The molecule has 0 aliphatic carbocycles. The first-order chi connectivity index (χ1) is 4.52. The van der Waals surface area contributed by atoms with Crippen LogP contribution in [0.25, 0.3) is 0 Å². The van der Waals surface area contributed by atoms with Gasteiger partial charge in [0.05, 0.1) is 0 Å². The molecule has 0 saturated heterocycles. The molecule has 0 saturated carbocycles. The van der Waals surface area contributed by atoms with Crippen LogP contribution in [0.4, 0.5) is 4.79 Å². The summed E-state index contributed by atoms with van der Waals surface area (Å²) in [7, 11) is 0. The van der Waals surface area contributed by atoms with Gasteiger partial charge in [0.25, 0.3) is 0 Å². The molecule has 0 spiro atoms. The van der Waals surface area contributed by atoms with Crippen molar-refractivity contribution >= 4 is 93.6 Å². The predicted octanol–water partition coefficient (Wildman–Crippen LogP) is -5.85. The summed E-state index contributed by atoms with van der Waals surface area (Å²) in [5, 5.41) is 0. The Kier molecular flexibility index (Phi) is 40.0. The van der Waals surface area contributed by atoms with Crippen LogP contribution in [0.1, 0.15) is 22.4 Å². The van der Waals surface area contributed by atoms with Gasteiger partial charge in [0.15, 0.2) is 0 Å². The van der Waals surface area contributed by atoms with E-state index in [0.717, 1.165) is 13.8 Å². The molecule has 0 fully saturated rings. The van der Waals surface area contributed by atoms with E-state index in [0.29, 0.717) is 0 Å². The Morgan fingerprint density at radius 1 is 0.857 bits per heavy atom. The third-order valence-corrected chi connectivity index (χ3v) is 0.454. The first kappa shape index (κ1) is 30.3. The fourth-order valence-corrected chi connectivity index (χ4v) is 0.256. The minimum atomic E-state index is -1.29. The summed E-state index contributed by atoms with van der Waals surface area (Å²) < 4.78 is 7.68. The largest absolute Gasteiger partial charge is 2.00 e. The van der Waals surface area contributed by atoms with Crippen LogP contribution < -0.4 is 59.1 Å². The molecule has 0 N–H and O–H groups in total. The van der Waals surface area contributed by atoms with Gasteiger partial charge in [-0.1, -0.05) is 0 Å². The van der Waals surface area contributed by atoms with Crippen LogP contribution in [0.15, 0.2) is 0 Å². The van der Waals surface area contributed by atoms with E-state index in [1.807, 2.05) is 0 Å². The van der Waals surface area contributed by atoms with Crippen LogP contribution in [-0.4, -0.2) is 93.6 Å². The molecular formula is C5H12Ca2Na2O5. The topological polar surface area (TPSA) is 69.7 Å². The van der Waals surface area contributed by atoms with Crippen molar-refractivity contribution in [2.24, 2.45) is 0 Å². The minimum Gasteiger partial charge on any atom is -1.00 e. The van der Waals surface area contributed by atoms with Crippen molar-refractivity contribution in [3.8, 4) is 0 Å². The van der Waals surface area contributed by atoms with Gasteiger partial charge in [0.2, 0.25) is 0 Å². The minimum absolute atomic E-state index is 0. The van der Waals surface area contributed by atoms with Gasteiger partial charge in [-0.2, -0.15) is 0 Å². The van der Waals surface area contributed by atoms with Crippen molar-refractivity contribution in [1.29, 1.82) is 0 Å². The van der Waals surface area contributed by atoms with Crippen LogP contribution in [0, 0.1) is 0 Å². The molecule has 9 heteroatoms. The van der Waals surface area contributed by atoms with Crippen molar-refractivity contribution < 1.29 is 91.5 Å². The van der Waals surface area contributed by atoms with E-state index < -0.39 is 18.1 Å². The monoisotopic (exact) mass is 278 g/mol. The zero-order valence-corrected chi connectivity index (χ0v) is 17.4. The average molecular weight is 278 g/mol. The molecular weight excluding hydrogens is 266 g/mol. The number of hydrogen-bond donors (Lipinski definition) is 0. The van der Waals surface area contributed by atoms with Crippen LogP contribution in [0.5, 0.6) is 0 Å². The van der Waals surface area contributed by atoms with Crippen LogP contribution in [0.3, 0.4) is 0 Å². The Labute approximate surface area is 195 Å². The molecule has 5 nitrogen and oxygen atoms in total. The molecule has 14 heavy (non-hydrogen) atoms. The summed E-state index contributed by atoms with van der Waals surface area (Å²) in [5.74, 6) is -1.63. The third kappa shape index (κ3) is 24.4. The Morgan fingerprint density at radius 3 is 1.21 bits per heavy atom. The van der Waals surface area contributed by atoms with Gasteiger partial charge in [-0.25, -0.2) is 4.79 Å². The SMILES string of the molecule is CC(=O)OC(=O)OC(C)=O.[Ca+2].[Ca+2].[H-].[H-].[H-].[H-].[H-].[H-].[Na+].[Na+]. The van der Waals surface area contributed by atoms with Gasteiger partial charge in [-0.05, 0) is 0 Å². The molecule has 0 aromatic heterocycles. The average Bonchev–Trinajstić information content (AvgIpc) is 1.58. The number of carbonyl (C=O) groups is 3. The van der Waals surface area contributed by atoms with Gasteiger partial charge in [0.1, 0.15) is 0 Å². The summed E-state index contributed by atoms with van der Waals surface area (Å²) in [4.78, 5) is 30.2. The van der Waals surface area contributed by atoms with E-state index in [4.69, 9.17) is 0 Å². The van der Waals surface area contributed by atoms with Gasteiger partial charge < -0.3 is 18.0 Å². The maximum Gasteiger partial charge on any atom is 2.00 e. The quantitative estimate of drug-likeness (QED) is 0.251. The Balaban J connectivity index is -0.00000000900. The third-order valence-electron chi connectivity index (χ3n) is 0.454. The fourth-order valence-electron chi connectivity index (χ4n) is 0.256. The summed E-state index contributed by atoms with van der Waals surface area (Å²) in [6.07, 6.45) is -1.29. The molecule has 0 radical (unpaired) electrons. The van der Waals surface area contributed by atoms with E-state index in [1.54, 1.807) is 0 Å². The second-order valence-electron chi connectivity index (χ2n) is 1.44. The molecule has 0 atom stereocenters. The summed E-state index contributed by atoms with van der Waals surface area (Å²) >= 11 is 0. The maximum atomic E-state index is 10.2. The Bertz CT molecular complexity index is 187. The molecule has 0 bridgehead atoms. The number of esters is 2. The molecule has 0 aliphatic rings. The van der Waals surface area contributed by atoms with E-state index in [2.05, 4.69) is 9.47 Å². The van der Waals surface area contributed by atoms with E-state index in [9.17, 15) is 14.4 Å². The van der Waals surface area contributed by atoms with Gasteiger partial charge in [0, 0.05) is 13.8 Å². The molecule has 0 aromatic carbocycles. The number of rotatable bonds is 0. The Hall–Kier alpha value is 3.13. The second kappa shape index (κ2) is 18.5. The van der Waals surface area contributed by atoms with Crippen LogP contribution in [-0.2, 0) is 19.1 Å². The second-order valence-corrected chi connectivity index (χ2v) is 1.44. The summed E-state index contributed by atoms with van der Waals surface area (Å²) in [5.41, 5.74) is 0. The molecule has 0 amide bonds. The van der Waals surface area contributed by atoms with Crippen molar-refractivity contribution in [3.05, 3.63) is 0 Å². The van der Waals surface area contributed by atoms with Crippen molar-refractivity contribution in [3.63, 3.8) is 0 Å². The Morgan fingerprint density at radius 2 is 1.07 bits per heavy atom. The van der Waals surface area contributed by atoms with Crippen molar-refractivity contribution in [2.45, 2.75) is 13.8 Å². The van der Waals surface area contributed by atoms with Gasteiger partial charge in [-0.3, -0.25) is 9.59 Å². The van der Waals surface area contributed by atoms with E-state index in [1.165, 1.54) is 0 Å². The zero-order chi connectivity index (χ0) is 8.15. The number of carbonyl (C=O) groups excluding carboxylic acids is 3. The molecule has 0 unspecified atom stereocenters. The normalized spacial score (nSPS) is 5.86. The fraction of sp³-hybridized carbons (Fsp3) is 0.400. The van der Waals surface area contributed by atoms with Crippen molar-refractivity contribution in [1.82, 2.24) is 0 Å². The standard InChI is InChI=1S/C5H6O5.2Ca.2Na.6H/c1-3(6)9-5(8)10-4(2)7;;;;;;;;;;/h1-2H3;;;;;;;;;;/q;2*+2;2*+1;6*-1. The van der Waals surface area contributed by atoms with Crippen LogP contribution in [0.2, 0.25) is 0 Å². The first-order valence-electron chi connectivity index (χ1n) is 2.43. The molecule has 0 rings (SSSR count). The predicted molar refractivity (Wildman–Crippen MR) is 47.1 cm³/mol. The smallest absolute Gasteiger partial charge is 1.00 e. The maximum absolute atomic E-state index is 10.2. The molecule has 68 valence electrons.